The van der Waals surface area contributed by atoms with Crippen molar-refractivity contribution in [1.82, 2.24) is 10.9 Å². The highest BCUT2D eigenvalue weighted by atomic mass is 32.1. The second-order valence-electron chi connectivity index (χ2n) is 2.77. The number of phenols is 1. The maximum Gasteiger partial charge on any atom is 0.211 e. The highest BCUT2D eigenvalue weighted by molar-refractivity contribution is 7.80. The van der Waals surface area contributed by atoms with Gasteiger partial charge >= 0.3 is 0 Å². The van der Waals surface area contributed by atoms with Gasteiger partial charge in [-0.1, -0.05) is 12.1 Å². The number of para-hydroxylation sites is 1. The quantitative estimate of drug-likeness (QED) is 0.343. The van der Waals surface area contributed by atoms with Crippen molar-refractivity contribution in [3.63, 3.8) is 0 Å². The van der Waals surface area contributed by atoms with Crippen LogP contribution >= 0.6 is 12.2 Å². The first-order valence-electron chi connectivity index (χ1n) is 4.18. The van der Waals surface area contributed by atoms with Crippen molar-refractivity contribution < 1.29 is 10.3 Å². The zero-order valence-electron chi connectivity index (χ0n) is 8.06. The first-order valence-corrected chi connectivity index (χ1v) is 4.58. The minimum absolute atomic E-state index is 0.00947. The van der Waals surface area contributed by atoms with Gasteiger partial charge in [0.1, 0.15) is 5.75 Å². The SMILES string of the molecule is C/C(=N\NC(=S)NO)c1ccccc1O. The van der Waals surface area contributed by atoms with E-state index in [9.17, 15) is 5.11 Å². The lowest BCUT2D eigenvalue weighted by atomic mass is 10.1. The molecule has 15 heavy (non-hydrogen) atoms. The summed E-state index contributed by atoms with van der Waals surface area (Å²) in [7, 11) is 0. The Bertz CT molecular complexity index is 393. The summed E-state index contributed by atoms with van der Waals surface area (Å²) in [5.41, 5.74) is 5.31. The van der Waals surface area contributed by atoms with Gasteiger partial charge in [-0.05, 0) is 31.3 Å². The van der Waals surface area contributed by atoms with Crippen LogP contribution in [0.25, 0.3) is 0 Å². The number of thiocarbonyl (C=S) groups is 1. The van der Waals surface area contributed by atoms with Crippen molar-refractivity contribution in [2.75, 3.05) is 0 Å². The third-order valence-electron chi connectivity index (χ3n) is 1.72. The molecule has 0 heterocycles. The molecule has 0 aliphatic carbocycles. The fraction of sp³-hybridized carbons (Fsp3) is 0.111. The predicted octanol–water partition coefficient (Wildman–Crippen LogP) is 0.970. The second kappa shape index (κ2) is 5.28. The Balaban J connectivity index is 2.80. The topological polar surface area (TPSA) is 76.9 Å². The molecule has 4 N–H and O–H groups in total. The molecule has 0 spiro atoms. The number of nitrogens with zero attached hydrogens (tertiary/aromatic N) is 1. The normalized spacial score (nSPS) is 10.9. The van der Waals surface area contributed by atoms with Crippen LogP contribution in [-0.2, 0) is 0 Å². The number of hydrazone groups is 1. The summed E-state index contributed by atoms with van der Waals surface area (Å²) < 4.78 is 0. The molecular weight excluding hydrogens is 214 g/mol. The Hall–Kier alpha value is -1.66. The third kappa shape index (κ3) is 3.19. The van der Waals surface area contributed by atoms with Gasteiger partial charge in [-0.15, -0.1) is 0 Å². The number of aromatic hydroxyl groups is 1. The summed E-state index contributed by atoms with van der Waals surface area (Å²) in [5, 5.41) is 21.8. The molecule has 0 radical (unpaired) electrons. The van der Waals surface area contributed by atoms with E-state index in [1.165, 1.54) is 0 Å². The molecule has 0 unspecified atom stereocenters. The molecule has 80 valence electrons. The van der Waals surface area contributed by atoms with Crippen LogP contribution in [-0.4, -0.2) is 21.1 Å². The molecular formula is C9H11N3O2S. The molecule has 0 amide bonds. The van der Waals surface area contributed by atoms with Crippen LogP contribution < -0.4 is 10.9 Å². The number of rotatable bonds is 2. The van der Waals surface area contributed by atoms with Gasteiger partial charge in [-0.3, -0.25) is 10.6 Å². The van der Waals surface area contributed by atoms with Gasteiger partial charge in [-0.2, -0.15) is 5.10 Å². The van der Waals surface area contributed by atoms with Crippen molar-refractivity contribution in [1.29, 1.82) is 0 Å². The van der Waals surface area contributed by atoms with E-state index in [1.54, 1.807) is 36.7 Å². The van der Waals surface area contributed by atoms with E-state index in [0.717, 1.165) is 0 Å². The van der Waals surface area contributed by atoms with Gasteiger partial charge < -0.3 is 5.11 Å². The summed E-state index contributed by atoms with van der Waals surface area (Å²) in [6.45, 7) is 1.71. The lowest BCUT2D eigenvalue weighted by molar-refractivity contribution is 0.233. The molecule has 0 aliphatic heterocycles. The molecule has 0 saturated heterocycles. The maximum atomic E-state index is 9.50. The van der Waals surface area contributed by atoms with Crippen molar-refractivity contribution in [2.45, 2.75) is 6.92 Å². The maximum absolute atomic E-state index is 9.50. The van der Waals surface area contributed by atoms with Crippen molar-refractivity contribution in [2.24, 2.45) is 5.10 Å². The van der Waals surface area contributed by atoms with E-state index in [2.05, 4.69) is 22.7 Å². The molecule has 1 aromatic rings. The Morgan fingerprint density at radius 1 is 1.40 bits per heavy atom. The average Bonchev–Trinajstić information content (AvgIpc) is 2.26. The fourth-order valence-electron chi connectivity index (χ4n) is 0.999. The van der Waals surface area contributed by atoms with E-state index < -0.39 is 0 Å². The number of hydrogen-bond acceptors (Lipinski definition) is 4. The summed E-state index contributed by atoms with van der Waals surface area (Å²) >= 11 is 4.61. The van der Waals surface area contributed by atoms with Gasteiger partial charge in [-0.25, -0.2) is 5.48 Å². The molecule has 1 aromatic carbocycles. The van der Waals surface area contributed by atoms with Gasteiger partial charge in [0.2, 0.25) is 5.11 Å². The molecule has 0 saturated carbocycles. The fourth-order valence-corrected chi connectivity index (χ4v) is 1.05. The van der Waals surface area contributed by atoms with Gasteiger partial charge in [0.25, 0.3) is 0 Å². The minimum Gasteiger partial charge on any atom is -0.507 e. The Labute approximate surface area is 92.4 Å². The van der Waals surface area contributed by atoms with Crippen LogP contribution in [0.15, 0.2) is 29.4 Å². The molecule has 0 aromatic heterocycles. The summed E-state index contributed by atoms with van der Waals surface area (Å²) in [4.78, 5) is 0. The number of hydrogen-bond donors (Lipinski definition) is 4. The highest BCUT2D eigenvalue weighted by Gasteiger charge is 2.02. The summed E-state index contributed by atoms with van der Waals surface area (Å²) in [5.74, 6) is 0.142. The zero-order valence-corrected chi connectivity index (χ0v) is 8.88. The molecule has 1 rings (SSSR count). The van der Waals surface area contributed by atoms with E-state index in [1.807, 2.05) is 0 Å². The molecule has 6 heteroatoms. The Morgan fingerprint density at radius 3 is 2.67 bits per heavy atom. The van der Waals surface area contributed by atoms with Crippen LogP contribution in [0.2, 0.25) is 0 Å². The van der Waals surface area contributed by atoms with E-state index in [0.29, 0.717) is 11.3 Å². The lowest BCUT2D eigenvalue weighted by Crippen LogP contribution is -2.29. The standard InChI is InChI=1S/C9H11N3O2S/c1-6(10-11-9(15)12-14)7-4-2-3-5-8(7)13/h2-5,13-14H,1H3,(H2,11,12,15)/b10-6+. The van der Waals surface area contributed by atoms with Crippen LogP contribution in [0.3, 0.4) is 0 Å². The van der Waals surface area contributed by atoms with Crippen molar-refractivity contribution in [3.8, 4) is 5.75 Å². The van der Waals surface area contributed by atoms with Crippen LogP contribution in [0, 0.1) is 0 Å². The minimum atomic E-state index is -0.00947. The molecule has 0 fully saturated rings. The van der Waals surface area contributed by atoms with Crippen LogP contribution in [0.5, 0.6) is 5.75 Å². The lowest BCUT2D eigenvalue weighted by Gasteiger charge is -2.04. The highest BCUT2D eigenvalue weighted by Crippen LogP contribution is 2.15. The first-order chi connectivity index (χ1) is 7.15. The average molecular weight is 225 g/mol. The van der Waals surface area contributed by atoms with E-state index in [-0.39, 0.29) is 10.9 Å². The van der Waals surface area contributed by atoms with Crippen molar-refractivity contribution in [3.05, 3.63) is 29.8 Å². The smallest absolute Gasteiger partial charge is 0.211 e. The van der Waals surface area contributed by atoms with Gasteiger partial charge in [0.05, 0.1) is 5.71 Å². The van der Waals surface area contributed by atoms with Crippen LogP contribution in [0.4, 0.5) is 0 Å². The number of phenolic OH excluding ortho intramolecular Hbond substituents is 1. The third-order valence-corrected chi connectivity index (χ3v) is 1.90. The largest absolute Gasteiger partial charge is 0.507 e. The predicted molar refractivity (Wildman–Crippen MR) is 61.0 cm³/mol. The number of nitrogens with one attached hydrogen (secondary N) is 2. The van der Waals surface area contributed by atoms with E-state index in [4.69, 9.17) is 5.21 Å². The molecule has 5 nitrogen and oxygen atoms in total. The second-order valence-corrected chi connectivity index (χ2v) is 3.18. The Kier molecular flexibility index (Phi) is 4.02. The Morgan fingerprint density at radius 2 is 2.07 bits per heavy atom. The molecule has 0 atom stereocenters. The summed E-state index contributed by atoms with van der Waals surface area (Å²) in [6, 6.07) is 6.80. The molecule has 0 aliphatic rings. The first kappa shape index (κ1) is 11.4. The van der Waals surface area contributed by atoms with Crippen LogP contribution in [0.1, 0.15) is 12.5 Å². The molecule has 0 bridgehead atoms. The number of benzene rings is 1. The monoisotopic (exact) mass is 225 g/mol. The van der Waals surface area contributed by atoms with E-state index >= 15 is 0 Å². The van der Waals surface area contributed by atoms with Gasteiger partial charge in [0, 0.05) is 5.56 Å². The summed E-state index contributed by atoms with van der Waals surface area (Å²) in [6.07, 6.45) is 0. The zero-order chi connectivity index (χ0) is 11.3. The van der Waals surface area contributed by atoms with Gasteiger partial charge in [0.15, 0.2) is 0 Å². The van der Waals surface area contributed by atoms with Crippen molar-refractivity contribution >= 4 is 23.0 Å². The number of hydroxylamine groups is 1.